The zero-order valence-electron chi connectivity index (χ0n) is 10.8. The van der Waals surface area contributed by atoms with Gasteiger partial charge in [0.15, 0.2) is 0 Å². The molecule has 4 nitrogen and oxygen atoms in total. The van der Waals surface area contributed by atoms with E-state index in [1.807, 2.05) is 0 Å². The number of rotatable bonds is 3. The predicted molar refractivity (Wildman–Crippen MR) is 67.5 cm³/mol. The van der Waals surface area contributed by atoms with Crippen LogP contribution in [0.2, 0.25) is 0 Å². The van der Waals surface area contributed by atoms with Crippen LogP contribution in [0.5, 0.6) is 0 Å². The number of nitriles is 1. The van der Waals surface area contributed by atoms with Crippen molar-refractivity contribution in [1.29, 1.82) is 5.26 Å². The van der Waals surface area contributed by atoms with Gasteiger partial charge in [0.1, 0.15) is 0 Å². The molecule has 2 atom stereocenters. The summed E-state index contributed by atoms with van der Waals surface area (Å²) in [7, 11) is 0. The van der Waals surface area contributed by atoms with Crippen molar-refractivity contribution in [3.8, 4) is 6.07 Å². The third kappa shape index (κ3) is 2.51. The van der Waals surface area contributed by atoms with Crippen molar-refractivity contribution in [2.24, 2.45) is 17.8 Å². The first-order valence-corrected chi connectivity index (χ1v) is 7.16. The Labute approximate surface area is 108 Å². The van der Waals surface area contributed by atoms with E-state index in [1.54, 1.807) is 0 Å². The van der Waals surface area contributed by atoms with Crippen molar-refractivity contribution >= 4 is 5.91 Å². The van der Waals surface area contributed by atoms with Crippen molar-refractivity contribution in [1.82, 2.24) is 10.2 Å². The fraction of sp³-hybridized carbons (Fsp3) is 0.857. The molecule has 1 heterocycles. The maximum absolute atomic E-state index is 12.1. The first-order chi connectivity index (χ1) is 8.76. The second-order valence-corrected chi connectivity index (χ2v) is 6.14. The molecule has 98 valence electrons. The first-order valence-electron chi connectivity index (χ1n) is 7.16. The predicted octanol–water partition coefficient (Wildman–Crippen LogP) is 1.14. The molecule has 3 rings (SSSR count). The van der Waals surface area contributed by atoms with Gasteiger partial charge in [0.05, 0.1) is 12.6 Å². The van der Waals surface area contributed by atoms with Crippen LogP contribution >= 0.6 is 0 Å². The molecule has 1 amide bonds. The molecule has 1 aliphatic heterocycles. The Bertz CT molecular complexity index is 358. The van der Waals surface area contributed by atoms with Gasteiger partial charge >= 0.3 is 0 Å². The summed E-state index contributed by atoms with van der Waals surface area (Å²) in [6.07, 6.45) is 5.61. The molecule has 0 radical (unpaired) electrons. The van der Waals surface area contributed by atoms with Crippen LogP contribution < -0.4 is 5.32 Å². The summed E-state index contributed by atoms with van der Waals surface area (Å²) < 4.78 is 0. The Hall–Kier alpha value is -1.08. The van der Waals surface area contributed by atoms with Gasteiger partial charge in [-0.15, -0.1) is 0 Å². The minimum Gasteiger partial charge on any atom is -0.353 e. The standard InChI is InChI=1S/C14H21N3O/c15-3-6-17-4-1-13(2-5-17)16-14(18)12-8-10-7-11(10)9-12/h10-13H,1-2,4-9H2,(H,16,18). The van der Waals surface area contributed by atoms with E-state index in [0.29, 0.717) is 24.4 Å². The summed E-state index contributed by atoms with van der Waals surface area (Å²) in [5.41, 5.74) is 0. The number of carbonyl (C=O) groups is 1. The summed E-state index contributed by atoms with van der Waals surface area (Å²) in [5.74, 6) is 2.34. The Morgan fingerprint density at radius 3 is 2.50 bits per heavy atom. The van der Waals surface area contributed by atoms with Gasteiger partial charge in [-0.3, -0.25) is 9.69 Å². The quantitative estimate of drug-likeness (QED) is 0.761. The van der Waals surface area contributed by atoms with Crippen LogP contribution in [0.25, 0.3) is 0 Å². The van der Waals surface area contributed by atoms with Crippen molar-refractivity contribution < 1.29 is 4.79 Å². The number of fused-ring (bicyclic) bond motifs is 1. The molecule has 1 saturated heterocycles. The summed E-state index contributed by atoms with van der Waals surface area (Å²) in [6.45, 7) is 2.40. The highest BCUT2D eigenvalue weighted by atomic mass is 16.1. The SMILES string of the molecule is N#CCN1CCC(NC(=O)C2CC3CC3C2)CC1. The third-order valence-electron chi connectivity index (χ3n) is 4.84. The largest absolute Gasteiger partial charge is 0.353 e. The highest BCUT2D eigenvalue weighted by Crippen LogP contribution is 2.54. The van der Waals surface area contributed by atoms with Crippen molar-refractivity contribution in [3.05, 3.63) is 0 Å². The molecular weight excluding hydrogens is 226 g/mol. The second-order valence-electron chi connectivity index (χ2n) is 6.14. The van der Waals surface area contributed by atoms with E-state index >= 15 is 0 Å². The van der Waals surface area contributed by atoms with Crippen LogP contribution in [0, 0.1) is 29.1 Å². The lowest BCUT2D eigenvalue weighted by molar-refractivity contribution is -0.126. The van der Waals surface area contributed by atoms with E-state index in [2.05, 4.69) is 16.3 Å². The average molecular weight is 247 g/mol. The number of likely N-dealkylation sites (tertiary alicyclic amines) is 1. The van der Waals surface area contributed by atoms with E-state index in [4.69, 9.17) is 5.26 Å². The fourth-order valence-corrected chi connectivity index (χ4v) is 3.58. The van der Waals surface area contributed by atoms with Gasteiger partial charge in [-0.25, -0.2) is 0 Å². The van der Waals surface area contributed by atoms with Crippen molar-refractivity contribution in [2.45, 2.75) is 38.1 Å². The molecule has 2 aliphatic carbocycles. The van der Waals surface area contributed by atoms with E-state index in [1.165, 1.54) is 6.42 Å². The number of nitrogens with one attached hydrogen (secondary N) is 1. The molecule has 0 bridgehead atoms. The van der Waals surface area contributed by atoms with Gasteiger partial charge in [0.25, 0.3) is 0 Å². The number of hydrogen-bond donors (Lipinski definition) is 1. The minimum absolute atomic E-state index is 0.293. The number of carbonyl (C=O) groups excluding carboxylic acids is 1. The zero-order valence-corrected chi connectivity index (χ0v) is 10.8. The highest BCUT2D eigenvalue weighted by molar-refractivity contribution is 5.79. The Morgan fingerprint density at radius 2 is 1.89 bits per heavy atom. The maximum Gasteiger partial charge on any atom is 0.223 e. The molecule has 0 aromatic heterocycles. The summed E-state index contributed by atoms with van der Waals surface area (Å²) in [4.78, 5) is 14.3. The topological polar surface area (TPSA) is 56.1 Å². The lowest BCUT2D eigenvalue weighted by atomic mass is 10.00. The van der Waals surface area contributed by atoms with Crippen LogP contribution in [0.3, 0.4) is 0 Å². The van der Waals surface area contributed by atoms with E-state index in [-0.39, 0.29) is 0 Å². The molecule has 2 unspecified atom stereocenters. The van der Waals surface area contributed by atoms with E-state index in [9.17, 15) is 4.79 Å². The van der Waals surface area contributed by atoms with Gasteiger partial charge in [0.2, 0.25) is 5.91 Å². The molecule has 0 aromatic carbocycles. The monoisotopic (exact) mass is 247 g/mol. The summed E-state index contributed by atoms with van der Waals surface area (Å²) in [5, 5.41) is 11.9. The number of hydrogen-bond acceptors (Lipinski definition) is 3. The first kappa shape index (κ1) is 12.0. The molecule has 1 N–H and O–H groups in total. The van der Waals surface area contributed by atoms with Crippen LogP contribution in [-0.2, 0) is 4.79 Å². The molecule has 0 aromatic rings. The molecule has 3 fully saturated rings. The minimum atomic E-state index is 0.293. The average Bonchev–Trinajstić information content (AvgIpc) is 2.99. The summed E-state index contributed by atoms with van der Waals surface area (Å²) in [6, 6.07) is 2.52. The Kier molecular flexibility index (Phi) is 3.25. The number of amides is 1. The number of piperidine rings is 1. The van der Waals surface area contributed by atoms with Gasteiger partial charge in [-0.05, 0) is 43.9 Å². The van der Waals surface area contributed by atoms with Crippen molar-refractivity contribution in [3.63, 3.8) is 0 Å². The molecular formula is C14H21N3O. The fourth-order valence-electron chi connectivity index (χ4n) is 3.58. The smallest absolute Gasteiger partial charge is 0.223 e. The lowest BCUT2D eigenvalue weighted by Gasteiger charge is -2.31. The molecule has 2 saturated carbocycles. The van der Waals surface area contributed by atoms with Crippen LogP contribution in [0.4, 0.5) is 0 Å². The van der Waals surface area contributed by atoms with E-state index < -0.39 is 0 Å². The zero-order chi connectivity index (χ0) is 12.5. The molecule has 0 spiro atoms. The Morgan fingerprint density at radius 1 is 1.22 bits per heavy atom. The Balaban J connectivity index is 1.41. The molecule has 18 heavy (non-hydrogen) atoms. The van der Waals surface area contributed by atoms with Crippen LogP contribution in [-0.4, -0.2) is 36.5 Å². The normalized spacial score (nSPS) is 35.8. The maximum atomic E-state index is 12.1. The van der Waals surface area contributed by atoms with Gasteiger partial charge < -0.3 is 5.32 Å². The van der Waals surface area contributed by atoms with Crippen LogP contribution in [0.1, 0.15) is 32.1 Å². The summed E-state index contributed by atoms with van der Waals surface area (Å²) >= 11 is 0. The number of nitrogens with zero attached hydrogens (tertiary/aromatic N) is 2. The third-order valence-corrected chi connectivity index (χ3v) is 4.84. The lowest BCUT2D eigenvalue weighted by Crippen LogP contribution is -2.46. The van der Waals surface area contributed by atoms with Gasteiger partial charge in [0, 0.05) is 25.0 Å². The van der Waals surface area contributed by atoms with Crippen LogP contribution in [0.15, 0.2) is 0 Å². The second kappa shape index (κ2) is 4.89. The van der Waals surface area contributed by atoms with Gasteiger partial charge in [-0.1, -0.05) is 0 Å². The molecule has 4 heteroatoms. The molecule has 3 aliphatic rings. The highest BCUT2D eigenvalue weighted by Gasteiger charge is 2.48. The van der Waals surface area contributed by atoms with Crippen molar-refractivity contribution in [2.75, 3.05) is 19.6 Å². The van der Waals surface area contributed by atoms with Gasteiger partial charge in [-0.2, -0.15) is 5.26 Å². The van der Waals surface area contributed by atoms with E-state index in [0.717, 1.165) is 50.6 Å².